The number of ether oxygens (including phenoxy) is 1. The van der Waals surface area contributed by atoms with Crippen molar-refractivity contribution in [1.82, 2.24) is 0 Å². The van der Waals surface area contributed by atoms with Gasteiger partial charge in [-0.05, 0) is 24.6 Å². The van der Waals surface area contributed by atoms with Crippen LogP contribution in [0.5, 0.6) is 5.75 Å². The van der Waals surface area contributed by atoms with E-state index < -0.39 is 0 Å². The number of benzene rings is 1. The predicted octanol–water partition coefficient (Wildman–Crippen LogP) is 3.03. The highest BCUT2D eigenvalue weighted by Crippen LogP contribution is 2.22. The first-order valence-electron chi connectivity index (χ1n) is 4.46. The zero-order valence-corrected chi connectivity index (χ0v) is 10.4. The Hall–Kier alpha value is -0.680. The number of thiocarbonyl (C=S) groups is 1. The van der Waals surface area contributed by atoms with E-state index in [9.17, 15) is 4.39 Å². The van der Waals surface area contributed by atoms with Crippen molar-refractivity contribution in [2.45, 2.75) is 12.8 Å². The first kappa shape index (κ1) is 12.4. The maximum absolute atomic E-state index is 13.2. The summed E-state index contributed by atoms with van der Waals surface area (Å²) >= 11 is 7.95. The van der Waals surface area contributed by atoms with E-state index in [1.807, 2.05) is 0 Å². The number of hydrogen-bond acceptors (Lipinski definition) is 2. The van der Waals surface area contributed by atoms with Crippen LogP contribution in [0.2, 0.25) is 0 Å². The summed E-state index contributed by atoms with van der Waals surface area (Å²) in [6.45, 7) is 0.407. The second kappa shape index (κ2) is 6.02. The summed E-state index contributed by atoms with van der Waals surface area (Å²) in [5, 5.41) is 0. The lowest BCUT2D eigenvalue weighted by molar-refractivity contribution is 0.298. The molecule has 0 spiro atoms. The van der Waals surface area contributed by atoms with Gasteiger partial charge in [-0.25, -0.2) is 4.39 Å². The first-order valence-corrected chi connectivity index (χ1v) is 5.66. The standard InChI is InChI=1S/C10H11BrFNOS/c11-7-3-4-8(12)9(6-7)14-5-1-2-10(13)15/h3-4,6H,1-2,5H2,(H2,13,15). The molecule has 0 aliphatic rings. The third kappa shape index (κ3) is 4.57. The minimum Gasteiger partial charge on any atom is -0.490 e. The Morgan fingerprint density at radius 1 is 1.53 bits per heavy atom. The van der Waals surface area contributed by atoms with E-state index in [1.54, 1.807) is 12.1 Å². The average molecular weight is 292 g/mol. The van der Waals surface area contributed by atoms with Crippen LogP contribution in [0.3, 0.4) is 0 Å². The third-order valence-electron chi connectivity index (χ3n) is 1.72. The Morgan fingerprint density at radius 2 is 2.27 bits per heavy atom. The van der Waals surface area contributed by atoms with E-state index in [1.165, 1.54) is 6.07 Å². The second-order valence-electron chi connectivity index (χ2n) is 2.99. The van der Waals surface area contributed by atoms with Gasteiger partial charge in [0.2, 0.25) is 0 Å². The van der Waals surface area contributed by atoms with Crippen LogP contribution >= 0.6 is 28.1 Å². The monoisotopic (exact) mass is 291 g/mol. The fourth-order valence-electron chi connectivity index (χ4n) is 1.02. The molecule has 5 heteroatoms. The van der Waals surface area contributed by atoms with E-state index in [0.717, 1.165) is 4.47 Å². The Kier molecular flexibility index (Phi) is 4.98. The largest absolute Gasteiger partial charge is 0.490 e. The van der Waals surface area contributed by atoms with Crippen LogP contribution in [0.4, 0.5) is 4.39 Å². The molecule has 0 amide bonds. The molecule has 2 N–H and O–H groups in total. The van der Waals surface area contributed by atoms with Crippen molar-refractivity contribution in [2.75, 3.05) is 6.61 Å². The molecule has 0 fully saturated rings. The molecule has 82 valence electrons. The van der Waals surface area contributed by atoms with Gasteiger partial charge in [0.1, 0.15) is 0 Å². The molecule has 2 nitrogen and oxygen atoms in total. The Labute approximate surface area is 102 Å². The fraction of sp³-hybridized carbons (Fsp3) is 0.300. The zero-order valence-electron chi connectivity index (χ0n) is 8.00. The van der Waals surface area contributed by atoms with Crippen LogP contribution < -0.4 is 10.5 Å². The van der Waals surface area contributed by atoms with Gasteiger partial charge in [-0.2, -0.15) is 0 Å². The fourth-order valence-corrected chi connectivity index (χ4v) is 1.50. The molecule has 0 aliphatic carbocycles. The van der Waals surface area contributed by atoms with Crippen molar-refractivity contribution in [3.8, 4) is 5.75 Å². The van der Waals surface area contributed by atoms with Crippen LogP contribution in [-0.4, -0.2) is 11.6 Å². The van der Waals surface area contributed by atoms with Crippen molar-refractivity contribution < 1.29 is 9.13 Å². The number of halogens is 2. The lowest BCUT2D eigenvalue weighted by Crippen LogP contribution is -2.09. The highest BCUT2D eigenvalue weighted by Gasteiger charge is 2.03. The van der Waals surface area contributed by atoms with E-state index in [4.69, 9.17) is 22.7 Å². The van der Waals surface area contributed by atoms with E-state index in [-0.39, 0.29) is 11.6 Å². The smallest absolute Gasteiger partial charge is 0.165 e. The van der Waals surface area contributed by atoms with E-state index in [0.29, 0.717) is 24.4 Å². The van der Waals surface area contributed by atoms with Gasteiger partial charge in [-0.3, -0.25) is 0 Å². The van der Waals surface area contributed by atoms with Gasteiger partial charge in [0.05, 0.1) is 11.6 Å². The molecule has 1 aromatic rings. The van der Waals surface area contributed by atoms with Gasteiger partial charge in [0, 0.05) is 10.9 Å². The molecule has 1 aromatic carbocycles. The summed E-state index contributed by atoms with van der Waals surface area (Å²) < 4.78 is 19.2. The molecule has 0 aromatic heterocycles. The number of rotatable bonds is 5. The molecule has 1 rings (SSSR count). The lowest BCUT2D eigenvalue weighted by Gasteiger charge is -2.06. The molecule has 0 atom stereocenters. The molecule has 0 saturated carbocycles. The molecular weight excluding hydrogens is 281 g/mol. The maximum atomic E-state index is 13.2. The van der Waals surface area contributed by atoms with Crippen molar-refractivity contribution in [3.63, 3.8) is 0 Å². The minimum absolute atomic E-state index is 0.243. The summed E-state index contributed by atoms with van der Waals surface area (Å²) in [5.74, 6) is -0.124. The van der Waals surface area contributed by atoms with Crippen LogP contribution in [0, 0.1) is 5.82 Å². The second-order valence-corrected chi connectivity index (χ2v) is 4.43. The Morgan fingerprint density at radius 3 is 2.93 bits per heavy atom. The summed E-state index contributed by atoms with van der Waals surface area (Å²) in [6.07, 6.45) is 1.31. The molecule has 15 heavy (non-hydrogen) atoms. The van der Waals surface area contributed by atoms with Gasteiger partial charge in [0.25, 0.3) is 0 Å². The van der Waals surface area contributed by atoms with E-state index >= 15 is 0 Å². The van der Waals surface area contributed by atoms with Gasteiger partial charge in [-0.15, -0.1) is 0 Å². The van der Waals surface area contributed by atoms with Crippen molar-refractivity contribution in [1.29, 1.82) is 0 Å². The van der Waals surface area contributed by atoms with E-state index in [2.05, 4.69) is 15.9 Å². The minimum atomic E-state index is -0.367. The highest BCUT2D eigenvalue weighted by atomic mass is 79.9. The predicted molar refractivity (Wildman–Crippen MR) is 65.6 cm³/mol. The first-order chi connectivity index (χ1) is 7.09. The van der Waals surface area contributed by atoms with Gasteiger partial charge >= 0.3 is 0 Å². The zero-order chi connectivity index (χ0) is 11.3. The molecule has 0 unspecified atom stereocenters. The van der Waals surface area contributed by atoms with Gasteiger partial charge in [0.15, 0.2) is 11.6 Å². The Bertz CT molecular complexity index is 359. The molecular formula is C10H11BrFNOS. The lowest BCUT2D eigenvalue weighted by atomic mass is 10.3. The summed E-state index contributed by atoms with van der Waals surface area (Å²) in [6, 6.07) is 4.57. The summed E-state index contributed by atoms with van der Waals surface area (Å²) in [5.41, 5.74) is 5.32. The summed E-state index contributed by atoms with van der Waals surface area (Å²) in [4.78, 5) is 0.452. The summed E-state index contributed by atoms with van der Waals surface area (Å²) in [7, 11) is 0. The van der Waals surface area contributed by atoms with Crippen molar-refractivity contribution in [3.05, 3.63) is 28.5 Å². The van der Waals surface area contributed by atoms with Crippen LogP contribution in [0.1, 0.15) is 12.8 Å². The number of nitrogens with two attached hydrogens (primary N) is 1. The average Bonchev–Trinajstić information content (AvgIpc) is 2.17. The van der Waals surface area contributed by atoms with Crippen LogP contribution in [0.25, 0.3) is 0 Å². The van der Waals surface area contributed by atoms with Crippen molar-refractivity contribution in [2.24, 2.45) is 5.73 Å². The molecule has 0 bridgehead atoms. The van der Waals surface area contributed by atoms with Crippen molar-refractivity contribution >= 4 is 33.1 Å². The SMILES string of the molecule is NC(=S)CCCOc1cc(Br)ccc1F. The van der Waals surface area contributed by atoms with Gasteiger partial charge < -0.3 is 10.5 Å². The normalized spacial score (nSPS) is 10.0. The number of hydrogen-bond donors (Lipinski definition) is 1. The maximum Gasteiger partial charge on any atom is 0.165 e. The molecule has 0 saturated heterocycles. The molecule has 0 radical (unpaired) electrons. The molecule has 0 heterocycles. The molecule has 0 aliphatic heterocycles. The van der Waals surface area contributed by atoms with Crippen LogP contribution in [0.15, 0.2) is 22.7 Å². The topological polar surface area (TPSA) is 35.2 Å². The quantitative estimate of drug-likeness (QED) is 0.669. The third-order valence-corrected chi connectivity index (χ3v) is 2.42. The highest BCUT2D eigenvalue weighted by molar-refractivity contribution is 9.10. The van der Waals surface area contributed by atoms with Gasteiger partial charge in [-0.1, -0.05) is 28.1 Å². The van der Waals surface area contributed by atoms with Crippen LogP contribution in [-0.2, 0) is 0 Å². The Balaban J connectivity index is 2.43.